The SMILES string of the molecule is Cc1noc(C)c1-c1cc(C(N)=O)c2c3cc(CCCF)ccc3n(Cc3ccccc3)c2c1. The zero-order chi connectivity index (χ0) is 23.8. The van der Waals surface area contributed by atoms with Crippen LogP contribution in [0.5, 0.6) is 0 Å². The smallest absolute Gasteiger partial charge is 0.249 e. The van der Waals surface area contributed by atoms with Crippen molar-refractivity contribution < 1.29 is 13.7 Å². The standard InChI is InChI=1S/C28H26FN3O2/c1-17-26(18(2)34-31-17)21-14-23(28(30)33)27-22-13-19(9-6-12-29)10-11-24(22)32(25(27)15-21)16-20-7-4-3-5-8-20/h3-5,7-8,10-11,13-15H,6,9,12,16H2,1-2H3,(H2,30,33). The molecule has 0 saturated carbocycles. The zero-order valence-corrected chi connectivity index (χ0v) is 19.3. The van der Waals surface area contributed by atoms with E-state index in [0.717, 1.165) is 49.8 Å². The second-order valence-electron chi connectivity index (χ2n) is 8.70. The highest BCUT2D eigenvalue weighted by Crippen LogP contribution is 2.38. The lowest BCUT2D eigenvalue weighted by Crippen LogP contribution is -2.12. The number of carbonyl (C=O) groups excluding carboxylic acids is 1. The fourth-order valence-electron chi connectivity index (χ4n) is 4.87. The van der Waals surface area contributed by atoms with Crippen molar-refractivity contribution in [3.63, 3.8) is 0 Å². The van der Waals surface area contributed by atoms with Gasteiger partial charge in [-0.2, -0.15) is 0 Å². The third-order valence-corrected chi connectivity index (χ3v) is 6.40. The molecule has 5 aromatic rings. The topological polar surface area (TPSA) is 74.1 Å². The fraction of sp³-hybridized carbons (Fsp3) is 0.214. The van der Waals surface area contributed by atoms with E-state index in [0.29, 0.717) is 30.7 Å². The molecule has 0 spiro atoms. The van der Waals surface area contributed by atoms with Crippen LogP contribution in [0.1, 0.15) is 39.4 Å². The van der Waals surface area contributed by atoms with E-state index >= 15 is 0 Å². The molecule has 6 heteroatoms. The average Bonchev–Trinajstić information content (AvgIpc) is 3.33. The number of aryl methyl sites for hydroxylation is 3. The monoisotopic (exact) mass is 455 g/mol. The molecule has 0 unspecified atom stereocenters. The van der Waals surface area contributed by atoms with Crippen molar-refractivity contribution in [2.45, 2.75) is 33.2 Å². The first-order valence-electron chi connectivity index (χ1n) is 11.4. The van der Waals surface area contributed by atoms with Crippen LogP contribution in [0.3, 0.4) is 0 Å². The Morgan fingerprint density at radius 1 is 1.03 bits per heavy atom. The number of carbonyl (C=O) groups is 1. The number of benzene rings is 3. The van der Waals surface area contributed by atoms with E-state index in [4.69, 9.17) is 10.3 Å². The van der Waals surface area contributed by atoms with E-state index < -0.39 is 5.91 Å². The van der Waals surface area contributed by atoms with Crippen LogP contribution < -0.4 is 5.73 Å². The molecule has 0 fully saturated rings. The van der Waals surface area contributed by atoms with Crippen LogP contribution in [-0.4, -0.2) is 22.3 Å². The Balaban J connectivity index is 1.85. The molecule has 1 amide bonds. The Labute approximate surface area is 197 Å². The molecule has 0 radical (unpaired) electrons. The maximum Gasteiger partial charge on any atom is 0.249 e. The van der Waals surface area contributed by atoms with Gasteiger partial charge in [-0.1, -0.05) is 41.6 Å². The van der Waals surface area contributed by atoms with Crippen LogP contribution in [-0.2, 0) is 13.0 Å². The number of nitrogens with zero attached hydrogens (tertiary/aromatic N) is 2. The minimum atomic E-state index is -0.494. The Morgan fingerprint density at radius 2 is 1.82 bits per heavy atom. The highest BCUT2D eigenvalue weighted by molar-refractivity contribution is 6.19. The first kappa shape index (κ1) is 21.9. The molecule has 5 rings (SSSR count). The largest absolute Gasteiger partial charge is 0.366 e. The van der Waals surface area contributed by atoms with Crippen molar-refractivity contribution >= 4 is 27.7 Å². The number of alkyl halides is 1. The molecule has 5 nitrogen and oxygen atoms in total. The molecule has 2 heterocycles. The van der Waals surface area contributed by atoms with Crippen LogP contribution >= 0.6 is 0 Å². The van der Waals surface area contributed by atoms with Gasteiger partial charge in [-0.05, 0) is 67.6 Å². The summed E-state index contributed by atoms with van der Waals surface area (Å²) in [5.41, 5.74) is 12.9. The summed E-state index contributed by atoms with van der Waals surface area (Å²) in [6.07, 6.45) is 1.11. The first-order valence-corrected chi connectivity index (χ1v) is 11.4. The quantitative estimate of drug-likeness (QED) is 0.321. The third kappa shape index (κ3) is 3.75. The van der Waals surface area contributed by atoms with Gasteiger partial charge in [0.15, 0.2) is 0 Å². The molecule has 0 bridgehead atoms. The minimum absolute atomic E-state index is 0.360. The molecule has 0 atom stereocenters. The van der Waals surface area contributed by atoms with Crippen molar-refractivity contribution in [2.24, 2.45) is 5.73 Å². The Bertz CT molecular complexity index is 1500. The van der Waals surface area contributed by atoms with Crippen LogP contribution in [0.2, 0.25) is 0 Å². The summed E-state index contributed by atoms with van der Waals surface area (Å²) in [6, 6.07) is 20.3. The number of aromatic nitrogens is 2. The number of amides is 1. The third-order valence-electron chi connectivity index (χ3n) is 6.40. The minimum Gasteiger partial charge on any atom is -0.366 e. The van der Waals surface area contributed by atoms with Crippen LogP contribution in [0, 0.1) is 13.8 Å². The van der Waals surface area contributed by atoms with Gasteiger partial charge in [0.1, 0.15) is 5.76 Å². The fourth-order valence-corrected chi connectivity index (χ4v) is 4.87. The van der Waals surface area contributed by atoms with Crippen molar-refractivity contribution in [2.75, 3.05) is 6.67 Å². The highest BCUT2D eigenvalue weighted by Gasteiger charge is 2.21. The average molecular weight is 456 g/mol. The molecule has 34 heavy (non-hydrogen) atoms. The van der Waals surface area contributed by atoms with Gasteiger partial charge in [-0.15, -0.1) is 0 Å². The normalized spacial score (nSPS) is 11.5. The number of fused-ring (bicyclic) bond motifs is 3. The predicted octanol–water partition coefficient (Wildman–Crippen LogP) is 6.12. The van der Waals surface area contributed by atoms with Gasteiger partial charge >= 0.3 is 0 Å². The summed E-state index contributed by atoms with van der Waals surface area (Å²) < 4.78 is 20.4. The van der Waals surface area contributed by atoms with E-state index in [-0.39, 0.29) is 6.67 Å². The summed E-state index contributed by atoms with van der Waals surface area (Å²) in [5.74, 6) is 0.193. The summed E-state index contributed by atoms with van der Waals surface area (Å²) in [6.45, 7) is 4.02. The second kappa shape index (κ2) is 8.78. The van der Waals surface area contributed by atoms with Crippen molar-refractivity contribution in [3.8, 4) is 11.1 Å². The van der Waals surface area contributed by atoms with E-state index in [1.54, 1.807) is 0 Å². The van der Waals surface area contributed by atoms with Crippen molar-refractivity contribution in [3.05, 3.63) is 88.8 Å². The van der Waals surface area contributed by atoms with Gasteiger partial charge < -0.3 is 14.8 Å². The first-order chi connectivity index (χ1) is 16.5. The highest BCUT2D eigenvalue weighted by atomic mass is 19.1. The summed E-state index contributed by atoms with van der Waals surface area (Å²) in [7, 11) is 0. The Morgan fingerprint density at radius 3 is 2.50 bits per heavy atom. The second-order valence-corrected chi connectivity index (χ2v) is 8.70. The number of halogens is 1. The predicted molar refractivity (Wildman–Crippen MR) is 133 cm³/mol. The van der Waals surface area contributed by atoms with Crippen LogP contribution in [0.25, 0.3) is 32.9 Å². The molecule has 172 valence electrons. The number of rotatable bonds is 7. The van der Waals surface area contributed by atoms with Gasteiger partial charge in [-0.3, -0.25) is 9.18 Å². The van der Waals surface area contributed by atoms with E-state index in [2.05, 4.69) is 40.1 Å². The molecule has 0 aliphatic heterocycles. The maximum absolute atomic E-state index is 12.8. The number of hydrogen-bond donors (Lipinski definition) is 1. The van der Waals surface area contributed by atoms with Crippen molar-refractivity contribution in [1.29, 1.82) is 0 Å². The lowest BCUT2D eigenvalue weighted by Gasteiger charge is -2.10. The molecule has 2 aromatic heterocycles. The molecule has 0 saturated heterocycles. The number of hydrogen-bond acceptors (Lipinski definition) is 3. The van der Waals surface area contributed by atoms with Gasteiger partial charge in [0.05, 0.1) is 17.9 Å². The molecule has 0 aliphatic rings. The van der Waals surface area contributed by atoms with E-state index in [1.807, 2.05) is 44.2 Å². The molecular weight excluding hydrogens is 429 g/mol. The maximum atomic E-state index is 12.8. The van der Waals surface area contributed by atoms with Gasteiger partial charge in [0, 0.05) is 34.0 Å². The van der Waals surface area contributed by atoms with Crippen molar-refractivity contribution in [1.82, 2.24) is 9.72 Å². The zero-order valence-electron chi connectivity index (χ0n) is 19.3. The molecule has 2 N–H and O–H groups in total. The Hall–Kier alpha value is -3.93. The van der Waals surface area contributed by atoms with Crippen LogP contribution in [0.4, 0.5) is 4.39 Å². The van der Waals surface area contributed by atoms with Gasteiger partial charge in [0.2, 0.25) is 5.91 Å². The Kier molecular flexibility index (Phi) is 5.65. The summed E-state index contributed by atoms with van der Waals surface area (Å²) in [4.78, 5) is 12.7. The molecule has 3 aromatic carbocycles. The molecule has 0 aliphatic carbocycles. The lowest BCUT2D eigenvalue weighted by atomic mass is 9.96. The van der Waals surface area contributed by atoms with E-state index in [9.17, 15) is 9.18 Å². The van der Waals surface area contributed by atoms with Gasteiger partial charge in [0.25, 0.3) is 0 Å². The van der Waals surface area contributed by atoms with E-state index in [1.165, 1.54) is 0 Å². The molecular formula is C28H26FN3O2. The van der Waals surface area contributed by atoms with Crippen LogP contribution in [0.15, 0.2) is 65.2 Å². The number of nitrogens with two attached hydrogens (primary N) is 1. The summed E-state index contributed by atoms with van der Waals surface area (Å²) >= 11 is 0. The van der Waals surface area contributed by atoms with Gasteiger partial charge in [-0.25, -0.2) is 0 Å². The number of primary amides is 1. The lowest BCUT2D eigenvalue weighted by molar-refractivity contribution is 0.100. The summed E-state index contributed by atoms with van der Waals surface area (Å²) in [5, 5.41) is 5.85.